The minimum Gasteiger partial charge on any atom is -0.343 e. The van der Waals surface area contributed by atoms with Crippen LogP contribution in [0.2, 0.25) is 5.02 Å². The maximum atomic E-state index is 12.5. The molecular formula is C18H25ClN2O3S. The zero-order chi connectivity index (χ0) is 18.4. The van der Waals surface area contributed by atoms with E-state index in [4.69, 9.17) is 11.6 Å². The molecule has 0 N–H and O–H groups in total. The molecule has 0 spiro atoms. The van der Waals surface area contributed by atoms with Crippen LogP contribution in [0.3, 0.4) is 0 Å². The van der Waals surface area contributed by atoms with Gasteiger partial charge >= 0.3 is 0 Å². The van der Waals surface area contributed by atoms with E-state index in [1.807, 2.05) is 18.7 Å². The summed E-state index contributed by atoms with van der Waals surface area (Å²) in [4.78, 5) is 14.2. The fraction of sp³-hybridized carbons (Fsp3) is 0.500. The smallest absolute Gasteiger partial charge is 0.236 e. The second-order valence-electron chi connectivity index (χ2n) is 6.08. The molecule has 1 saturated heterocycles. The van der Waals surface area contributed by atoms with Crippen molar-refractivity contribution < 1.29 is 13.2 Å². The van der Waals surface area contributed by atoms with Gasteiger partial charge in [0, 0.05) is 42.5 Å². The van der Waals surface area contributed by atoms with Gasteiger partial charge in [-0.2, -0.15) is 4.31 Å². The van der Waals surface area contributed by atoms with Gasteiger partial charge in [0.15, 0.2) is 0 Å². The Morgan fingerprint density at radius 1 is 1.20 bits per heavy atom. The van der Waals surface area contributed by atoms with Gasteiger partial charge in [-0.15, -0.1) is 0 Å². The van der Waals surface area contributed by atoms with E-state index < -0.39 is 10.0 Å². The highest BCUT2D eigenvalue weighted by Gasteiger charge is 2.31. The normalized spacial score (nSPS) is 17.1. The molecule has 138 valence electrons. The molecule has 0 atom stereocenters. The molecule has 0 radical (unpaired) electrons. The first kappa shape index (κ1) is 19.9. The molecule has 5 nitrogen and oxygen atoms in total. The van der Waals surface area contributed by atoms with Crippen molar-refractivity contribution >= 4 is 33.6 Å². The number of hydrogen-bond acceptors (Lipinski definition) is 3. The molecular weight excluding hydrogens is 360 g/mol. The minimum atomic E-state index is -3.48. The molecule has 1 aromatic rings. The Kier molecular flexibility index (Phi) is 7.04. The van der Waals surface area contributed by atoms with Crippen molar-refractivity contribution in [2.24, 2.45) is 5.92 Å². The van der Waals surface area contributed by atoms with Gasteiger partial charge in [0.25, 0.3) is 0 Å². The Balaban J connectivity index is 1.96. The lowest BCUT2D eigenvalue weighted by atomic mass is 9.96. The molecule has 0 aromatic heterocycles. The molecule has 0 aliphatic carbocycles. The number of benzene rings is 1. The van der Waals surface area contributed by atoms with E-state index in [-0.39, 0.29) is 11.8 Å². The van der Waals surface area contributed by atoms with E-state index in [0.29, 0.717) is 44.0 Å². The number of hydrogen-bond donors (Lipinski definition) is 0. The highest BCUT2D eigenvalue weighted by atomic mass is 35.5. The summed E-state index contributed by atoms with van der Waals surface area (Å²) in [7, 11) is -3.48. The highest BCUT2D eigenvalue weighted by molar-refractivity contribution is 7.92. The lowest BCUT2D eigenvalue weighted by Crippen LogP contribution is -2.43. The molecule has 1 aliphatic heterocycles. The van der Waals surface area contributed by atoms with Gasteiger partial charge in [0.1, 0.15) is 0 Å². The first-order chi connectivity index (χ1) is 11.9. The van der Waals surface area contributed by atoms with Gasteiger partial charge < -0.3 is 4.90 Å². The van der Waals surface area contributed by atoms with Crippen LogP contribution in [0.1, 0.15) is 32.3 Å². The molecule has 25 heavy (non-hydrogen) atoms. The monoisotopic (exact) mass is 384 g/mol. The topological polar surface area (TPSA) is 57.7 Å². The Bertz CT molecular complexity index is 704. The van der Waals surface area contributed by atoms with E-state index >= 15 is 0 Å². The van der Waals surface area contributed by atoms with Crippen molar-refractivity contribution in [3.8, 4) is 0 Å². The molecule has 1 heterocycles. The van der Waals surface area contributed by atoms with Gasteiger partial charge in [-0.05, 0) is 50.5 Å². The lowest BCUT2D eigenvalue weighted by Gasteiger charge is -2.32. The van der Waals surface area contributed by atoms with Gasteiger partial charge in [0.05, 0.1) is 0 Å². The minimum absolute atomic E-state index is 0.0772. The van der Waals surface area contributed by atoms with Crippen molar-refractivity contribution in [1.29, 1.82) is 0 Å². The highest BCUT2D eigenvalue weighted by Crippen LogP contribution is 2.23. The van der Waals surface area contributed by atoms with Crippen molar-refractivity contribution in [3.05, 3.63) is 40.3 Å². The SMILES string of the molecule is CCN(CC)C(=O)C1CCN(S(=O)(=O)C=Cc2ccc(Cl)cc2)CC1. The molecule has 7 heteroatoms. The molecule has 0 saturated carbocycles. The van der Waals surface area contributed by atoms with Crippen LogP contribution in [0.4, 0.5) is 0 Å². The summed E-state index contributed by atoms with van der Waals surface area (Å²) in [6.45, 7) is 6.07. The third-order valence-corrected chi connectivity index (χ3v) is 6.36. The fourth-order valence-corrected chi connectivity index (χ4v) is 4.32. The molecule has 2 rings (SSSR count). The number of rotatable bonds is 6. The molecule has 1 aliphatic rings. The van der Waals surface area contributed by atoms with Crippen LogP contribution < -0.4 is 0 Å². The standard InChI is InChI=1S/C18H25ClN2O3S/c1-3-20(4-2)18(22)16-9-12-21(13-10-16)25(23,24)14-11-15-5-7-17(19)8-6-15/h5-8,11,14,16H,3-4,9-10,12-13H2,1-2H3. The lowest BCUT2D eigenvalue weighted by molar-refractivity contribution is -0.136. The predicted octanol–water partition coefficient (Wildman–Crippen LogP) is 3.22. The molecule has 0 unspecified atom stereocenters. The molecule has 0 bridgehead atoms. The largest absolute Gasteiger partial charge is 0.343 e. The Hall–Kier alpha value is -1.37. The summed E-state index contributed by atoms with van der Waals surface area (Å²) in [5, 5.41) is 1.84. The maximum absolute atomic E-state index is 12.5. The number of carbonyl (C=O) groups excluding carboxylic acids is 1. The second kappa shape index (κ2) is 8.83. The molecule has 1 amide bonds. The van der Waals surface area contributed by atoms with Crippen molar-refractivity contribution in [3.63, 3.8) is 0 Å². The first-order valence-electron chi connectivity index (χ1n) is 8.60. The number of amides is 1. The number of piperidine rings is 1. The summed E-state index contributed by atoms with van der Waals surface area (Å²) in [5.41, 5.74) is 0.777. The molecule has 1 aromatic carbocycles. The van der Waals surface area contributed by atoms with Crippen LogP contribution in [-0.2, 0) is 14.8 Å². The van der Waals surface area contributed by atoms with E-state index in [2.05, 4.69) is 0 Å². The van der Waals surface area contributed by atoms with Crippen LogP contribution >= 0.6 is 11.6 Å². The van der Waals surface area contributed by atoms with E-state index in [9.17, 15) is 13.2 Å². The van der Waals surface area contributed by atoms with Crippen molar-refractivity contribution in [2.45, 2.75) is 26.7 Å². The Labute approximate surface area is 155 Å². The maximum Gasteiger partial charge on any atom is 0.236 e. The van der Waals surface area contributed by atoms with E-state index in [1.165, 1.54) is 9.71 Å². The van der Waals surface area contributed by atoms with Crippen LogP contribution in [0.15, 0.2) is 29.7 Å². The van der Waals surface area contributed by atoms with E-state index in [1.54, 1.807) is 30.3 Å². The quantitative estimate of drug-likeness (QED) is 0.756. The number of carbonyl (C=O) groups is 1. The van der Waals surface area contributed by atoms with Crippen LogP contribution in [0.25, 0.3) is 6.08 Å². The number of nitrogens with zero attached hydrogens (tertiary/aromatic N) is 2. The van der Waals surface area contributed by atoms with Gasteiger partial charge in [-0.3, -0.25) is 4.79 Å². The third kappa shape index (κ3) is 5.30. The summed E-state index contributed by atoms with van der Waals surface area (Å²) >= 11 is 5.82. The number of sulfonamides is 1. The third-order valence-electron chi connectivity index (χ3n) is 4.54. The Morgan fingerprint density at radius 2 is 1.76 bits per heavy atom. The fourth-order valence-electron chi connectivity index (χ4n) is 2.98. The average Bonchev–Trinajstić information content (AvgIpc) is 2.62. The zero-order valence-corrected chi connectivity index (χ0v) is 16.3. The number of halogens is 1. The molecule has 1 fully saturated rings. The second-order valence-corrected chi connectivity index (χ2v) is 8.34. The van der Waals surface area contributed by atoms with Crippen LogP contribution in [0.5, 0.6) is 0 Å². The van der Waals surface area contributed by atoms with Crippen molar-refractivity contribution in [2.75, 3.05) is 26.2 Å². The Morgan fingerprint density at radius 3 is 2.28 bits per heavy atom. The average molecular weight is 385 g/mol. The van der Waals surface area contributed by atoms with Gasteiger partial charge in [-0.1, -0.05) is 23.7 Å². The van der Waals surface area contributed by atoms with Gasteiger partial charge in [-0.25, -0.2) is 8.42 Å². The summed E-state index contributed by atoms with van der Waals surface area (Å²) < 4.78 is 26.4. The summed E-state index contributed by atoms with van der Waals surface area (Å²) in [5.74, 6) is 0.0605. The zero-order valence-electron chi connectivity index (χ0n) is 14.7. The first-order valence-corrected chi connectivity index (χ1v) is 10.5. The van der Waals surface area contributed by atoms with Gasteiger partial charge in [0.2, 0.25) is 15.9 Å². The summed E-state index contributed by atoms with van der Waals surface area (Å²) in [6.07, 6.45) is 2.71. The van der Waals surface area contributed by atoms with Crippen LogP contribution in [0, 0.1) is 5.92 Å². The van der Waals surface area contributed by atoms with Crippen molar-refractivity contribution in [1.82, 2.24) is 9.21 Å². The van der Waals surface area contributed by atoms with E-state index in [0.717, 1.165) is 5.56 Å². The predicted molar refractivity (Wildman–Crippen MR) is 102 cm³/mol. The van der Waals surface area contributed by atoms with Crippen LogP contribution in [-0.4, -0.2) is 49.7 Å². The summed E-state index contributed by atoms with van der Waals surface area (Å²) in [6, 6.07) is 6.98.